The fourth-order valence-corrected chi connectivity index (χ4v) is 4.65. The van der Waals surface area contributed by atoms with Crippen molar-refractivity contribution in [2.75, 3.05) is 0 Å². The summed E-state index contributed by atoms with van der Waals surface area (Å²) in [4.78, 5) is 19.5. The van der Waals surface area contributed by atoms with Gasteiger partial charge in [0.15, 0.2) is 0 Å². The van der Waals surface area contributed by atoms with Crippen molar-refractivity contribution in [3.63, 3.8) is 0 Å². The molecular formula is C22H30F2O4P2S. The van der Waals surface area contributed by atoms with Crippen molar-refractivity contribution >= 4 is 29.1 Å². The molecule has 2 aromatic carbocycles. The van der Waals surface area contributed by atoms with Gasteiger partial charge in [-0.05, 0) is 59.1 Å². The molecule has 9 heteroatoms. The van der Waals surface area contributed by atoms with Gasteiger partial charge in [-0.25, -0.2) is 0 Å². The molecule has 0 aromatic heterocycles. The largest absolute Gasteiger partial charge is 0.436 e. The summed E-state index contributed by atoms with van der Waals surface area (Å²) in [7, 11) is -6.20. The van der Waals surface area contributed by atoms with Crippen molar-refractivity contribution < 1.29 is 27.2 Å². The zero-order chi connectivity index (χ0) is 23.4. The van der Waals surface area contributed by atoms with Gasteiger partial charge in [0.25, 0.3) is 0 Å². The molecule has 0 radical (unpaired) electrons. The summed E-state index contributed by atoms with van der Waals surface area (Å²) in [5.74, 6) is 0.378. The minimum absolute atomic E-state index is 0.128. The number of benzene rings is 2. The first kappa shape index (κ1) is 26.3. The van der Waals surface area contributed by atoms with Gasteiger partial charge in [0.2, 0.25) is 0 Å². The molecule has 0 aliphatic heterocycles. The van der Waals surface area contributed by atoms with Gasteiger partial charge in [0.1, 0.15) is 11.5 Å². The van der Waals surface area contributed by atoms with Crippen LogP contribution in [0.1, 0.15) is 65.5 Å². The van der Waals surface area contributed by atoms with Gasteiger partial charge in [0, 0.05) is 0 Å². The smallest absolute Gasteiger partial charge is 0.423 e. The van der Waals surface area contributed by atoms with E-state index in [-0.39, 0.29) is 22.3 Å². The van der Waals surface area contributed by atoms with Crippen molar-refractivity contribution in [1.82, 2.24) is 0 Å². The zero-order valence-corrected chi connectivity index (χ0v) is 21.3. The molecule has 0 saturated carbocycles. The Bertz CT molecular complexity index is 820. The molecule has 0 aliphatic rings. The monoisotopic (exact) mass is 490 g/mol. The first-order valence-electron chi connectivity index (χ1n) is 10.0. The van der Waals surface area contributed by atoms with Crippen LogP contribution in [-0.4, -0.2) is 9.79 Å². The normalized spacial score (nSPS) is 14.3. The van der Waals surface area contributed by atoms with Gasteiger partial charge in [0.05, 0.1) is 9.79 Å². The van der Waals surface area contributed by atoms with E-state index < -0.39 is 17.4 Å². The molecule has 2 N–H and O–H groups in total. The van der Waals surface area contributed by atoms with E-state index in [0.717, 1.165) is 24.0 Å². The van der Waals surface area contributed by atoms with Crippen LogP contribution in [-0.2, 0) is 10.8 Å². The van der Waals surface area contributed by atoms with E-state index in [4.69, 9.17) is 9.05 Å². The van der Waals surface area contributed by atoms with Crippen LogP contribution in [0.4, 0.5) is 8.39 Å². The van der Waals surface area contributed by atoms with Crippen LogP contribution < -0.4 is 9.05 Å². The third-order valence-corrected chi connectivity index (χ3v) is 7.56. The molecule has 0 aliphatic carbocycles. The van der Waals surface area contributed by atoms with E-state index in [1.807, 2.05) is 24.3 Å². The quantitative estimate of drug-likeness (QED) is 0.328. The topological polar surface area (TPSA) is 58.9 Å². The van der Waals surface area contributed by atoms with Gasteiger partial charge in [-0.15, -0.1) is 8.39 Å². The average molecular weight is 490 g/mol. The highest BCUT2D eigenvalue weighted by Crippen LogP contribution is 2.48. The Hall–Kier alpha value is -0.970. The van der Waals surface area contributed by atoms with E-state index in [1.54, 1.807) is 12.1 Å². The minimum Gasteiger partial charge on any atom is -0.423 e. The Kier molecular flexibility index (Phi) is 9.13. The molecule has 0 saturated heterocycles. The fourth-order valence-electron chi connectivity index (χ4n) is 2.86. The second-order valence-electron chi connectivity index (χ2n) is 8.54. The lowest BCUT2D eigenvalue weighted by Crippen LogP contribution is -2.15. The number of halogens is 2. The number of rotatable bonds is 10. The second-order valence-corrected chi connectivity index (χ2v) is 10.9. The molecule has 31 heavy (non-hydrogen) atoms. The molecule has 0 amide bonds. The summed E-state index contributed by atoms with van der Waals surface area (Å²) in [6, 6.07) is 10.7. The molecular weight excluding hydrogens is 460 g/mol. The van der Waals surface area contributed by atoms with Crippen LogP contribution in [0.3, 0.4) is 0 Å². The highest BCUT2D eigenvalue weighted by Gasteiger charge is 2.24. The zero-order valence-electron chi connectivity index (χ0n) is 18.6. The first-order valence-corrected chi connectivity index (χ1v) is 13.0. The maximum atomic E-state index is 13.3. The van der Waals surface area contributed by atoms with Crippen molar-refractivity contribution in [3.8, 4) is 11.5 Å². The van der Waals surface area contributed by atoms with Gasteiger partial charge in [-0.3, -0.25) is 0 Å². The molecule has 2 atom stereocenters. The third kappa shape index (κ3) is 7.00. The van der Waals surface area contributed by atoms with Crippen molar-refractivity contribution in [3.05, 3.63) is 47.5 Å². The van der Waals surface area contributed by atoms with Crippen LogP contribution in [0.5, 0.6) is 11.5 Å². The maximum absolute atomic E-state index is 13.3. The Morgan fingerprint density at radius 3 is 1.42 bits per heavy atom. The van der Waals surface area contributed by atoms with E-state index in [1.165, 1.54) is 11.8 Å². The Labute approximate surface area is 190 Å². The van der Waals surface area contributed by atoms with Gasteiger partial charge in [-0.1, -0.05) is 65.4 Å². The van der Waals surface area contributed by atoms with Crippen molar-refractivity contribution in [2.45, 2.75) is 75.0 Å². The van der Waals surface area contributed by atoms with Gasteiger partial charge >= 0.3 is 17.4 Å². The van der Waals surface area contributed by atoms with Gasteiger partial charge in [-0.2, -0.15) is 0 Å². The van der Waals surface area contributed by atoms with Crippen LogP contribution >= 0.6 is 29.1 Å². The van der Waals surface area contributed by atoms with Crippen LogP contribution in [0.25, 0.3) is 0 Å². The molecule has 0 spiro atoms. The molecule has 0 heterocycles. The molecule has 2 aromatic rings. The summed E-state index contributed by atoms with van der Waals surface area (Å²) in [6.45, 7) is 12.6. The highest BCUT2D eigenvalue weighted by atomic mass is 32.2. The SMILES string of the molecule is CCC(C)(C)c1ccc(OP(O)F)c(Sc2cc(C(C)(C)CC)ccc2OP(O)F)c1. The highest BCUT2D eigenvalue weighted by molar-refractivity contribution is 7.99. The predicted octanol–water partition coefficient (Wildman–Crippen LogP) is 8.35. The van der Waals surface area contributed by atoms with E-state index >= 15 is 0 Å². The van der Waals surface area contributed by atoms with E-state index in [0.29, 0.717) is 9.79 Å². The van der Waals surface area contributed by atoms with Gasteiger partial charge < -0.3 is 18.8 Å². The molecule has 2 unspecified atom stereocenters. The lowest BCUT2D eigenvalue weighted by Gasteiger charge is -2.26. The summed E-state index contributed by atoms with van der Waals surface area (Å²) < 4.78 is 36.7. The molecule has 2 rings (SSSR count). The van der Waals surface area contributed by atoms with E-state index in [2.05, 4.69) is 41.5 Å². The maximum Gasteiger partial charge on any atom is 0.436 e. The lowest BCUT2D eigenvalue weighted by atomic mass is 9.82. The second kappa shape index (κ2) is 10.8. The molecule has 0 fully saturated rings. The first-order chi connectivity index (χ1) is 14.4. The summed E-state index contributed by atoms with van der Waals surface area (Å²) in [5, 5.41) is 0. The number of hydrogen-bond acceptors (Lipinski definition) is 5. The Balaban J connectivity index is 2.60. The Morgan fingerprint density at radius 2 is 1.13 bits per heavy atom. The standard InChI is InChI=1S/C22H30F2O4P2S/c1-7-21(3,4)15-9-11-17(27-29(23)25)19(13-15)31-20-14-16(22(5,6)8-2)10-12-18(20)28-30(24)26/h9-14,25-26H,7-8H2,1-6H3. The van der Waals surface area contributed by atoms with Crippen LogP contribution in [0.2, 0.25) is 0 Å². The van der Waals surface area contributed by atoms with Crippen LogP contribution in [0.15, 0.2) is 46.2 Å². The van der Waals surface area contributed by atoms with E-state index in [9.17, 15) is 18.2 Å². The van der Waals surface area contributed by atoms with Crippen LogP contribution in [0, 0.1) is 0 Å². The molecule has 4 nitrogen and oxygen atoms in total. The molecule has 172 valence electrons. The summed E-state index contributed by atoms with van der Waals surface area (Å²) in [6.07, 6.45) is 1.77. The van der Waals surface area contributed by atoms with Crippen molar-refractivity contribution in [2.24, 2.45) is 0 Å². The number of hydrogen-bond donors (Lipinski definition) is 2. The van der Waals surface area contributed by atoms with Crippen molar-refractivity contribution in [1.29, 1.82) is 0 Å². The average Bonchev–Trinajstić information content (AvgIpc) is 2.69. The minimum atomic E-state index is -3.10. The Morgan fingerprint density at radius 1 is 0.774 bits per heavy atom. The lowest BCUT2D eigenvalue weighted by molar-refractivity contribution is 0.427. The fraction of sp³-hybridized carbons (Fsp3) is 0.455. The predicted molar refractivity (Wildman–Crippen MR) is 125 cm³/mol. The molecule has 0 bridgehead atoms. The summed E-state index contributed by atoms with van der Waals surface area (Å²) >= 11 is 1.22. The summed E-state index contributed by atoms with van der Waals surface area (Å²) in [5.41, 5.74) is 1.79. The third-order valence-electron chi connectivity index (χ3n) is 5.79.